The molecule has 0 bridgehead atoms. The molecule has 2 rings (SSSR count). The highest BCUT2D eigenvalue weighted by atomic mass is 19.1. The second kappa shape index (κ2) is 7.69. The Hall–Kier alpha value is -2.47. The van der Waals surface area contributed by atoms with Gasteiger partial charge in [0.15, 0.2) is 0 Å². The highest BCUT2D eigenvalue weighted by molar-refractivity contribution is 5.76. The summed E-state index contributed by atoms with van der Waals surface area (Å²) in [5, 5.41) is 0. The van der Waals surface area contributed by atoms with Gasteiger partial charge in [-0.25, -0.2) is 8.78 Å². The number of nitrogens with two attached hydrogens (primary N) is 1. The summed E-state index contributed by atoms with van der Waals surface area (Å²) in [5.74, 6) is -0.685. The van der Waals surface area contributed by atoms with Crippen LogP contribution in [0.1, 0.15) is 12.5 Å². The fourth-order valence-electron chi connectivity index (χ4n) is 2.01. The molecular formula is C17H17F2NO3. The van der Waals surface area contributed by atoms with Crippen LogP contribution in [0.25, 0.3) is 0 Å². The summed E-state index contributed by atoms with van der Waals surface area (Å²) < 4.78 is 36.9. The predicted octanol–water partition coefficient (Wildman–Crippen LogP) is 3.19. The van der Waals surface area contributed by atoms with Crippen LogP contribution in [-0.2, 0) is 16.0 Å². The molecule has 0 aromatic heterocycles. The molecule has 1 atom stereocenters. The molecule has 6 heteroatoms. The molecule has 4 nitrogen and oxygen atoms in total. The van der Waals surface area contributed by atoms with Gasteiger partial charge in [-0.1, -0.05) is 0 Å². The second-order valence-electron chi connectivity index (χ2n) is 4.87. The summed E-state index contributed by atoms with van der Waals surface area (Å²) in [6.07, 6.45) is 0.0626. The van der Waals surface area contributed by atoms with Gasteiger partial charge in [-0.15, -0.1) is 0 Å². The molecular weight excluding hydrogens is 304 g/mol. The van der Waals surface area contributed by atoms with Crippen molar-refractivity contribution in [2.45, 2.75) is 19.4 Å². The lowest BCUT2D eigenvalue weighted by atomic mass is 10.1. The summed E-state index contributed by atoms with van der Waals surface area (Å²) >= 11 is 0. The van der Waals surface area contributed by atoms with E-state index >= 15 is 0 Å². The minimum Gasteiger partial charge on any atom is -0.465 e. The largest absolute Gasteiger partial charge is 0.465 e. The van der Waals surface area contributed by atoms with E-state index in [1.54, 1.807) is 6.92 Å². The molecule has 2 aromatic rings. The van der Waals surface area contributed by atoms with Gasteiger partial charge in [0, 0.05) is 6.42 Å². The van der Waals surface area contributed by atoms with Gasteiger partial charge in [0.25, 0.3) is 0 Å². The summed E-state index contributed by atoms with van der Waals surface area (Å²) in [7, 11) is 0. The Bertz CT molecular complexity index is 674. The molecule has 0 fully saturated rings. The van der Waals surface area contributed by atoms with Crippen molar-refractivity contribution in [2.24, 2.45) is 5.73 Å². The number of carbonyl (C=O) groups excluding carboxylic acids is 1. The van der Waals surface area contributed by atoms with Gasteiger partial charge >= 0.3 is 5.97 Å². The van der Waals surface area contributed by atoms with E-state index in [9.17, 15) is 13.6 Å². The summed E-state index contributed by atoms with van der Waals surface area (Å²) in [6.45, 7) is 1.89. The standard InChI is InChI=1S/C17H17F2NO3/c1-2-22-17(21)15(20)10-11-9-13(19)5-8-16(11)23-14-6-3-12(18)4-7-14/h3-9,15H,2,10,20H2,1H3. The van der Waals surface area contributed by atoms with E-state index < -0.39 is 17.8 Å². The molecule has 0 saturated carbocycles. The first-order valence-corrected chi connectivity index (χ1v) is 7.13. The average molecular weight is 321 g/mol. The topological polar surface area (TPSA) is 61.5 Å². The van der Waals surface area contributed by atoms with E-state index in [0.717, 1.165) is 0 Å². The molecule has 0 amide bonds. The van der Waals surface area contributed by atoms with E-state index in [-0.39, 0.29) is 18.8 Å². The fraction of sp³-hybridized carbons (Fsp3) is 0.235. The zero-order valence-corrected chi connectivity index (χ0v) is 12.6. The third-order valence-corrected chi connectivity index (χ3v) is 3.09. The maximum Gasteiger partial charge on any atom is 0.323 e. The second-order valence-corrected chi connectivity index (χ2v) is 4.87. The first-order chi connectivity index (χ1) is 11.0. The number of esters is 1. The molecule has 23 heavy (non-hydrogen) atoms. The van der Waals surface area contributed by atoms with Crippen LogP contribution in [0.2, 0.25) is 0 Å². The Kier molecular flexibility index (Phi) is 5.65. The number of carbonyl (C=O) groups is 1. The number of halogens is 2. The van der Waals surface area contributed by atoms with Gasteiger partial charge in [-0.05, 0) is 55.0 Å². The van der Waals surface area contributed by atoms with Gasteiger partial charge in [0.2, 0.25) is 0 Å². The third-order valence-electron chi connectivity index (χ3n) is 3.09. The number of rotatable bonds is 6. The van der Waals surface area contributed by atoms with Crippen molar-refractivity contribution in [3.8, 4) is 11.5 Å². The first-order valence-electron chi connectivity index (χ1n) is 7.13. The van der Waals surface area contributed by atoms with Crippen molar-refractivity contribution in [3.63, 3.8) is 0 Å². The molecule has 0 aliphatic carbocycles. The molecule has 2 N–H and O–H groups in total. The van der Waals surface area contributed by atoms with Crippen molar-refractivity contribution in [1.29, 1.82) is 0 Å². The van der Waals surface area contributed by atoms with Crippen molar-refractivity contribution < 1.29 is 23.0 Å². The average Bonchev–Trinajstić information content (AvgIpc) is 2.52. The Morgan fingerprint density at radius 1 is 1.13 bits per heavy atom. The monoisotopic (exact) mass is 321 g/mol. The zero-order chi connectivity index (χ0) is 16.8. The maximum absolute atomic E-state index is 13.5. The minimum absolute atomic E-state index is 0.0626. The Balaban J connectivity index is 2.19. The molecule has 0 heterocycles. The Morgan fingerprint density at radius 2 is 1.78 bits per heavy atom. The van der Waals surface area contributed by atoms with Crippen LogP contribution in [0.4, 0.5) is 8.78 Å². The molecule has 0 aliphatic heterocycles. The van der Waals surface area contributed by atoms with Gasteiger partial charge in [-0.2, -0.15) is 0 Å². The Morgan fingerprint density at radius 3 is 2.43 bits per heavy atom. The van der Waals surface area contributed by atoms with Crippen molar-refractivity contribution in [2.75, 3.05) is 6.61 Å². The first kappa shape index (κ1) is 16.9. The maximum atomic E-state index is 13.5. The lowest BCUT2D eigenvalue weighted by Gasteiger charge is -2.15. The minimum atomic E-state index is -0.924. The van der Waals surface area contributed by atoms with Crippen molar-refractivity contribution in [1.82, 2.24) is 0 Å². The quantitative estimate of drug-likeness (QED) is 0.830. The van der Waals surface area contributed by atoms with Gasteiger partial charge in [0.1, 0.15) is 29.2 Å². The molecule has 0 saturated heterocycles. The van der Waals surface area contributed by atoms with E-state index in [2.05, 4.69) is 0 Å². The zero-order valence-electron chi connectivity index (χ0n) is 12.6. The molecule has 0 spiro atoms. The van der Waals surface area contributed by atoms with E-state index in [1.165, 1.54) is 42.5 Å². The molecule has 122 valence electrons. The van der Waals surface area contributed by atoms with Crippen LogP contribution in [-0.4, -0.2) is 18.6 Å². The van der Waals surface area contributed by atoms with Crippen LogP contribution in [0, 0.1) is 11.6 Å². The molecule has 0 aliphatic rings. The highest BCUT2D eigenvalue weighted by Crippen LogP contribution is 2.27. The van der Waals surface area contributed by atoms with Gasteiger partial charge < -0.3 is 15.2 Å². The summed E-state index contributed by atoms with van der Waals surface area (Å²) in [6, 6.07) is 8.40. The highest BCUT2D eigenvalue weighted by Gasteiger charge is 2.18. The third kappa shape index (κ3) is 4.75. The van der Waals surface area contributed by atoms with Crippen LogP contribution >= 0.6 is 0 Å². The summed E-state index contributed by atoms with van der Waals surface area (Å²) in [5.41, 5.74) is 6.19. The predicted molar refractivity (Wildman–Crippen MR) is 81.2 cm³/mol. The number of benzene rings is 2. The van der Waals surface area contributed by atoms with Gasteiger partial charge in [-0.3, -0.25) is 4.79 Å². The molecule has 1 unspecified atom stereocenters. The van der Waals surface area contributed by atoms with E-state index in [1.807, 2.05) is 0 Å². The Labute approximate surface area is 132 Å². The number of hydrogen-bond acceptors (Lipinski definition) is 4. The van der Waals surface area contributed by atoms with Crippen LogP contribution in [0.5, 0.6) is 11.5 Å². The van der Waals surface area contributed by atoms with E-state index in [0.29, 0.717) is 17.1 Å². The molecule has 2 aromatic carbocycles. The van der Waals surface area contributed by atoms with Crippen molar-refractivity contribution >= 4 is 5.97 Å². The van der Waals surface area contributed by atoms with Crippen LogP contribution in [0.3, 0.4) is 0 Å². The lowest BCUT2D eigenvalue weighted by molar-refractivity contribution is -0.144. The summed E-state index contributed by atoms with van der Waals surface area (Å²) in [4.78, 5) is 11.6. The molecule has 0 radical (unpaired) electrons. The van der Waals surface area contributed by atoms with E-state index in [4.69, 9.17) is 15.2 Å². The normalized spacial score (nSPS) is 11.8. The number of hydrogen-bond donors (Lipinski definition) is 1. The smallest absolute Gasteiger partial charge is 0.323 e. The number of ether oxygens (including phenoxy) is 2. The van der Waals surface area contributed by atoms with Crippen LogP contribution in [0.15, 0.2) is 42.5 Å². The van der Waals surface area contributed by atoms with Gasteiger partial charge in [0.05, 0.1) is 6.61 Å². The SMILES string of the molecule is CCOC(=O)C(N)Cc1cc(F)ccc1Oc1ccc(F)cc1. The van der Waals surface area contributed by atoms with Crippen molar-refractivity contribution in [3.05, 3.63) is 59.7 Å². The lowest BCUT2D eigenvalue weighted by Crippen LogP contribution is -2.34. The fourth-order valence-corrected chi connectivity index (χ4v) is 2.01. The van der Waals surface area contributed by atoms with Crippen LogP contribution < -0.4 is 10.5 Å².